The molecule has 0 amide bonds. The van der Waals surface area contributed by atoms with Crippen LogP contribution in [0.15, 0.2) is 115 Å². The molecular formula is C51H65N. The SMILES string of the molecule is CCCCCCCCC1(CCCCCCCC)c2cc(C)ccc2-c2ccc(C)cc21.Cc1ccc(C)c(N(c2ccccc2)c2ccccc2)c1. The molecule has 6 rings (SSSR count). The summed E-state index contributed by atoms with van der Waals surface area (Å²) in [5.41, 5.74) is 15.5. The average molecular weight is 692 g/mol. The Labute approximate surface area is 317 Å². The molecule has 5 aromatic carbocycles. The monoisotopic (exact) mass is 692 g/mol. The van der Waals surface area contributed by atoms with Crippen LogP contribution >= 0.6 is 0 Å². The Morgan fingerprint density at radius 1 is 0.423 bits per heavy atom. The molecule has 0 radical (unpaired) electrons. The minimum Gasteiger partial charge on any atom is -0.310 e. The van der Waals surface area contributed by atoms with Crippen LogP contribution in [0.4, 0.5) is 17.1 Å². The van der Waals surface area contributed by atoms with Crippen LogP contribution in [0.3, 0.4) is 0 Å². The fourth-order valence-electron chi connectivity index (χ4n) is 8.34. The molecule has 0 unspecified atom stereocenters. The van der Waals surface area contributed by atoms with Gasteiger partial charge in [-0.15, -0.1) is 0 Å². The third-order valence-corrected chi connectivity index (χ3v) is 11.2. The Hall–Kier alpha value is -4.10. The zero-order valence-electron chi connectivity index (χ0n) is 33.3. The van der Waals surface area contributed by atoms with Gasteiger partial charge in [0, 0.05) is 22.5 Å². The van der Waals surface area contributed by atoms with Gasteiger partial charge in [0.05, 0.1) is 0 Å². The largest absolute Gasteiger partial charge is 0.310 e. The van der Waals surface area contributed by atoms with E-state index in [4.69, 9.17) is 0 Å². The molecule has 274 valence electrons. The van der Waals surface area contributed by atoms with Crippen LogP contribution in [-0.4, -0.2) is 0 Å². The highest BCUT2D eigenvalue weighted by Gasteiger charge is 2.42. The van der Waals surface area contributed by atoms with E-state index in [9.17, 15) is 0 Å². The van der Waals surface area contributed by atoms with Gasteiger partial charge < -0.3 is 4.90 Å². The van der Waals surface area contributed by atoms with Crippen molar-refractivity contribution in [2.45, 2.75) is 137 Å². The Kier molecular flexibility index (Phi) is 14.8. The Bertz CT molecular complexity index is 1690. The quantitative estimate of drug-likeness (QED) is 0.0877. The van der Waals surface area contributed by atoms with Crippen molar-refractivity contribution in [1.82, 2.24) is 0 Å². The van der Waals surface area contributed by atoms with Gasteiger partial charge in [0.15, 0.2) is 0 Å². The van der Waals surface area contributed by atoms with Gasteiger partial charge in [-0.1, -0.05) is 187 Å². The molecule has 0 saturated heterocycles. The molecule has 1 heteroatoms. The molecule has 0 bridgehead atoms. The molecule has 0 saturated carbocycles. The first-order chi connectivity index (χ1) is 25.4. The molecule has 52 heavy (non-hydrogen) atoms. The van der Waals surface area contributed by atoms with E-state index in [1.54, 1.807) is 11.1 Å². The fraction of sp³-hybridized carbons (Fsp3) is 0.412. The summed E-state index contributed by atoms with van der Waals surface area (Å²) in [4.78, 5) is 2.31. The maximum absolute atomic E-state index is 2.53. The topological polar surface area (TPSA) is 3.24 Å². The van der Waals surface area contributed by atoms with Crippen molar-refractivity contribution in [3.63, 3.8) is 0 Å². The number of hydrogen-bond donors (Lipinski definition) is 0. The summed E-state index contributed by atoms with van der Waals surface area (Å²) in [6, 6.07) is 42.1. The Morgan fingerprint density at radius 2 is 0.827 bits per heavy atom. The second kappa shape index (κ2) is 19.7. The summed E-state index contributed by atoms with van der Waals surface area (Å²) in [5, 5.41) is 0. The van der Waals surface area contributed by atoms with Crippen molar-refractivity contribution >= 4 is 17.1 Å². The molecule has 0 N–H and O–H groups in total. The van der Waals surface area contributed by atoms with E-state index < -0.39 is 0 Å². The van der Waals surface area contributed by atoms with Gasteiger partial charge in [-0.05, 0) is 104 Å². The lowest BCUT2D eigenvalue weighted by molar-refractivity contribution is 0.397. The van der Waals surface area contributed by atoms with Gasteiger partial charge in [-0.25, -0.2) is 0 Å². The lowest BCUT2D eigenvalue weighted by atomic mass is 9.70. The number of anilines is 3. The fourth-order valence-corrected chi connectivity index (χ4v) is 8.34. The zero-order chi connectivity index (χ0) is 36.8. The highest BCUT2D eigenvalue weighted by molar-refractivity contribution is 5.82. The molecular weight excluding hydrogens is 627 g/mol. The first kappa shape index (κ1) is 39.1. The Balaban J connectivity index is 0.000000216. The second-order valence-electron chi connectivity index (χ2n) is 15.5. The molecule has 1 aliphatic carbocycles. The predicted octanol–water partition coefficient (Wildman–Crippen LogP) is 15.8. The van der Waals surface area contributed by atoms with Crippen molar-refractivity contribution < 1.29 is 0 Å². The molecule has 1 nitrogen and oxygen atoms in total. The molecule has 5 aromatic rings. The van der Waals surface area contributed by atoms with Gasteiger partial charge in [0.1, 0.15) is 0 Å². The van der Waals surface area contributed by atoms with E-state index in [2.05, 4.69) is 162 Å². The number of rotatable bonds is 17. The van der Waals surface area contributed by atoms with Gasteiger partial charge in [-0.2, -0.15) is 0 Å². The minimum atomic E-state index is 0.234. The van der Waals surface area contributed by atoms with Gasteiger partial charge >= 0.3 is 0 Å². The molecule has 0 spiro atoms. The zero-order valence-corrected chi connectivity index (χ0v) is 33.3. The van der Waals surface area contributed by atoms with E-state index in [-0.39, 0.29) is 5.41 Å². The van der Waals surface area contributed by atoms with E-state index in [0.717, 1.165) is 0 Å². The lowest BCUT2D eigenvalue weighted by Gasteiger charge is -2.33. The summed E-state index contributed by atoms with van der Waals surface area (Å²) in [5.74, 6) is 0. The lowest BCUT2D eigenvalue weighted by Crippen LogP contribution is -2.25. The molecule has 0 aliphatic heterocycles. The van der Waals surface area contributed by atoms with Gasteiger partial charge in [0.25, 0.3) is 0 Å². The molecule has 0 fully saturated rings. The number of aryl methyl sites for hydroxylation is 4. The second-order valence-corrected chi connectivity index (χ2v) is 15.5. The maximum atomic E-state index is 2.53. The van der Waals surface area contributed by atoms with E-state index in [1.165, 1.54) is 140 Å². The van der Waals surface area contributed by atoms with Crippen LogP contribution in [0.2, 0.25) is 0 Å². The first-order valence-corrected chi connectivity index (χ1v) is 20.6. The molecule has 0 aromatic heterocycles. The minimum absolute atomic E-state index is 0.234. The van der Waals surface area contributed by atoms with Crippen LogP contribution in [0.25, 0.3) is 11.1 Å². The number of para-hydroxylation sites is 2. The third-order valence-electron chi connectivity index (χ3n) is 11.2. The van der Waals surface area contributed by atoms with Gasteiger partial charge in [0.2, 0.25) is 0 Å². The number of fused-ring (bicyclic) bond motifs is 3. The van der Waals surface area contributed by atoms with E-state index in [1.807, 2.05) is 0 Å². The summed E-state index contributed by atoms with van der Waals surface area (Å²) in [6.45, 7) is 13.5. The molecule has 1 aliphatic rings. The summed E-state index contributed by atoms with van der Waals surface area (Å²) in [7, 11) is 0. The van der Waals surface area contributed by atoms with Crippen LogP contribution in [0.5, 0.6) is 0 Å². The van der Waals surface area contributed by atoms with Crippen LogP contribution in [0, 0.1) is 27.7 Å². The van der Waals surface area contributed by atoms with Crippen molar-refractivity contribution in [1.29, 1.82) is 0 Å². The van der Waals surface area contributed by atoms with Crippen LogP contribution < -0.4 is 4.90 Å². The van der Waals surface area contributed by atoms with Crippen LogP contribution in [-0.2, 0) is 5.41 Å². The molecule has 0 heterocycles. The summed E-state index contributed by atoms with van der Waals surface area (Å²) < 4.78 is 0. The first-order valence-electron chi connectivity index (χ1n) is 20.6. The maximum Gasteiger partial charge on any atom is 0.0493 e. The highest BCUT2D eigenvalue weighted by Crippen LogP contribution is 2.54. The number of unbranched alkanes of at least 4 members (excludes halogenated alkanes) is 10. The van der Waals surface area contributed by atoms with Crippen molar-refractivity contribution in [2.24, 2.45) is 0 Å². The number of nitrogens with zero attached hydrogens (tertiary/aromatic N) is 1. The highest BCUT2D eigenvalue weighted by atomic mass is 15.1. The molecule has 0 atom stereocenters. The normalized spacial score (nSPS) is 12.5. The van der Waals surface area contributed by atoms with E-state index >= 15 is 0 Å². The number of hydrogen-bond acceptors (Lipinski definition) is 1. The van der Waals surface area contributed by atoms with Crippen molar-refractivity contribution in [3.8, 4) is 11.1 Å². The van der Waals surface area contributed by atoms with Crippen LogP contribution in [0.1, 0.15) is 137 Å². The summed E-state index contributed by atoms with van der Waals surface area (Å²) in [6.07, 6.45) is 19.2. The van der Waals surface area contributed by atoms with E-state index in [0.29, 0.717) is 0 Å². The summed E-state index contributed by atoms with van der Waals surface area (Å²) >= 11 is 0. The number of benzene rings is 5. The van der Waals surface area contributed by atoms with Gasteiger partial charge in [-0.3, -0.25) is 0 Å². The standard InChI is InChI=1S/C31H46.C20H19N/c1-5-7-9-11-13-15-21-31(22-16-14-12-10-8-6-2)29-23-25(3)17-19-27(29)28-20-18-26(4)24-30(28)31;1-16-13-14-17(2)20(15-16)21(18-9-5-3-6-10-18)19-11-7-4-8-12-19/h17-20,23-24H,5-16,21-22H2,1-4H3;3-15H,1-2H3. The smallest absolute Gasteiger partial charge is 0.0493 e. The Morgan fingerprint density at radius 3 is 1.29 bits per heavy atom. The third kappa shape index (κ3) is 9.86. The average Bonchev–Trinajstić information content (AvgIpc) is 3.41. The van der Waals surface area contributed by atoms with Crippen molar-refractivity contribution in [2.75, 3.05) is 4.90 Å². The predicted molar refractivity (Wildman–Crippen MR) is 229 cm³/mol. The van der Waals surface area contributed by atoms with Crippen molar-refractivity contribution in [3.05, 3.63) is 149 Å².